The normalized spacial score (nSPS) is 16.9. The Balaban J connectivity index is 2.28. The minimum Gasteiger partial charge on any atom is -0.465 e. The number of methoxy groups -OCH3 is 1. The van der Waals surface area contributed by atoms with Crippen molar-refractivity contribution in [1.29, 1.82) is 0 Å². The molecule has 1 N–H and O–H groups in total. The first-order chi connectivity index (χ1) is 10.5. The molecule has 0 unspecified atom stereocenters. The third-order valence-electron chi connectivity index (χ3n) is 3.72. The molecular weight excluding hydrogens is 308 g/mol. The fourth-order valence-electron chi connectivity index (χ4n) is 2.61. The van der Waals surface area contributed by atoms with E-state index in [0.717, 1.165) is 32.2 Å². The lowest BCUT2D eigenvalue weighted by molar-refractivity contribution is 0.0600. The maximum atomic E-state index is 12.8. The van der Waals surface area contributed by atoms with Crippen molar-refractivity contribution in [3.8, 4) is 0 Å². The summed E-state index contributed by atoms with van der Waals surface area (Å²) in [6, 6.07) is 1.18. The number of carbonyl (C=O) groups is 1. The van der Waals surface area contributed by atoms with Crippen LogP contribution in [0, 0.1) is 0 Å². The lowest BCUT2D eigenvalue weighted by atomic mass is 10.1. The van der Waals surface area contributed by atoms with Gasteiger partial charge in [-0.3, -0.25) is 0 Å². The summed E-state index contributed by atoms with van der Waals surface area (Å²) in [5, 5.41) is 3.02. The summed E-state index contributed by atoms with van der Waals surface area (Å²) in [7, 11) is -2.51. The van der Waals surface area contributed by atoms with Gasteiger partial charge in [-0.25, -0.2) is 13.2 Å². The Morgan fingerprint density at radius 2 is 2.14 bits per heavy atom. The molecule has 8 heteroatoms. The Kier molecular flexibility index (Phi) is 5.60. The summed E-state index contributed by atoms with van der Waals surface area (Å²) in [4.78, 5) is 11.5. The van der Waals surface area contributed by atoms with Gasteiger partial charge in [0.15, 0.2) is 0 Å². The highest BCUT2D eigenvalue weighted by molar-refractivity contribution is 7.89. The van der Waals surface area contributed by atoms with E-state index >= 15 is 0 Å². The number of sulfonamides is 1. The van der Waals surface area contributed by atoms with Crippen LogP contribution in [0.4, 0.5) is 0 Å². The van der Waals surface area contributed by atoms with E-state index in [0.29, 0.717) is 13.0 Å². The molecule has 1 aliphatic heterocycles. The highest BCUT2D eigenvalue weighted by Gasteiger charge is 2.34. The Bertz CT molecular complexity index is 605. The molecule has 1 fully saturated rings. The molecule has 1 aromatic rings. The van der Waals surface area contributed by atoms with E-state index in [2.05, 4.69) is 10.1 Å². The van der Waals surface area contributed by atoms with Gasteiger partial charge in [-0.05, 0) is 32.4 Å². The molecule has 2 heterocycles. The molecule has 0 saturated carbocycles. The predicted octanol–water partition coefficient (Wildman–Crippen LogP) is 1.22. The van der Waals surface area contributed by atoms with E-state index in [1.807, 2.05) is 6.92 Å². The smallest absolute Gasteiger partial charge is 0.341 e. The summed E-state index contributed by atoms with van der Waals surface area (Å²) < 4.78 is 36.8. The molecule has 124 valence electrons. The molecule has 22 heavy (non-hydrogen) atoms. The van der Waals surface area contributed by atoms with Crippen molar-refractivity contribution >= 4 is 16.0 Å². The van der Waals surface area contributed by atoms with Crippen molar-refractivity contribution < 1.29 is 22.4 Å². The van der Waals surface area contributed by atoms with Gasteiger partial charge in [0.2, 0.25) is 5.09 Å². The Morgan fingerprint density at radius 1 is 1.45 bits per heavy atom. The number of nitrogens with zero attached hydrogens (tertiary/aromatic N) is 1. The minimum absolute atomic E-state index is 0.0436. The summed E-state index contributed by atoms with van der Waals surface area (Å²) in [6.07, 6.45) is 3.37. The fraction of sp³-hybridized carbons (Fsp3) is 0.643. The summed E-state index contributed by atoms with van der Waals surface area (Å²) in [6.45, 7) is 3.96. The van der Waals surface area contributed by atoms with E-state index in [-0.39, 0.29) is 16.7 Å². The first-order valence-corrected chi connectivity index (χ1v) is 8.84. The van der Waals surface area contributed by atoms with E-state index in [4.69, 9.17) is 4.42 Å². The number of nitrogens with one attached hydrogen (secondary N) is 1. The lowest BCUT2D eigenvalue weighted by Crippen LogP contribution is -2.46. The van der Waals surface area contributed by atoms with Crippen molar-refractivity contribution in [3.63, 3.8) is 0 Å². The molecule has 2 rings (SSSR count). The van der Waals surface area contributed by atoms with E-state index < -0.39 is 16.0 Å². The Hall–Kier alpha value is -1.38. The zero-order valence-electron chi connectivity index (χ0n) is 12.9. The molecule has 0 atom stereocenters. The summed E-state index contributed by atoms with van der Waals surface area (Å²) in [5.41, 5.74) is 0.0998. The number of esters is 1. The average molecular weight is 330 g/mol. The molecule has 1 aromatic heterocycles. The van der Waals surface area contributed by atoms with Crippen LogP contribution in [0.25, 0.3) is 0 Å². The van der Waals surface area contributed by atoms with Gasteiger partial charge < -0.3 is 14.5 Å². The second-order valence-electron chi connectivity index (χ2n) is 5.24. The number of furan rings is 1. The van der Waals surface area contributed by atoms with Crippen molar-refractivity contribution in [2.24, 2.45) is 0 Å². The third-order valence-corrected chi connectivity index (χ3v) is 5.54. The molecular formula is C14H22N2O5S. The van der Waals surface area contributed by atoms with Crippen LogP contribution in [0.2, 0.25) is 0 Å². The molecule has 1 aliphatic rings. The van der Waals surface area contributed by atoms with Gasteiger partial charge in [0, 0.05) is 18.7 Å². The molecule has 0 radical (unpaired) electrons. The number of hydrogen-bond donors (Lipinski definition) is 1. The van der Waals surface area contributed by atoms with Gasteiger partial charge in [-0.1, -0.05) is 6.92 Å². The molecule has 0 amide bonds. The summed E-state index contributed by atoms with van der Waals surface area (Å²) in [5.74, 6) is -0.617. The van der Waals surface area contributed by atoms with Gasteiger partial charge in [0.05, 0.1) is 12.7 Å². The van der Waals surface area contributed by atoms with Gasteiger partial charge in [0.25, 0.3) is 10.0 Å². The maximum absolute atomic E-state index is 12.8. The number of hydrogen-bond acceptors (Lipinski definition) is 6. The van der Waals surface area contributed by atoms with Gasteiger partial charge in [-0.15, -0.1) is 0 Å². The maximum Gasteiger partial charge on any atom is 0.341 e. The van der Waals surface area contributed by atoms with Crippen LogP contribution in [0.5, 0.6) is 0 Å². The third kappa shape index (κ3) is 3.50. The van der Waals surface area contributed by atoms with Gasteiger partial charge in [0.1, 0.15) is 6.26 Å². The fourth-order valence-corrected chi connectivity index (χ4v) is 4.31. The lowest BCUT2D eigenvalue weighted by Gasteiger charge is -2.32. The average Bonchev–Trinajstić information content (AvgIpc) is 3.03. The van der Waals surface area contributed by atoms with Crippen LogP contribution in [0.15, 0.2) is 21.8 Å². The van der Waals surface area contributed by atoms with Gasteiger partial charge in [-0.2, -0.15) is 4.31 Å². The molecule has 7 nitrogen and oxygen atoms in total. The van der Waals surface area contributed by atoms with E-state index in [9.17, 15) is 13.2 Å². The summed E-state index contributed by atoms with van der Waals surface area (Å²) >= 11 is 0. The number of piperidine rings is 1. The van der Waals surface area contributed by atoms with Crippen molar-refractivity contribution in [3.05, 3.63) is 17.9 Å². The monoisotopic (exact) mass is 330 g/mol. The van der Waals surface area contributed by atoms with E-state index in [1.54, 1.807) is 0 Å². The highest BCUT2D eigenvalue weighted by Crippen LogP contribution is 2.24. The van der Waals surface area contributed by atoms with Crippen LogP contribution < -0.4 is 5.32 Å². The topological polar surface area (TPSA) is 88.9 Å². The molecule has 0 spiro atoms. The van der Waals surface area contributed by atoms with Crippen molar-refractivity contribution in [2.75, 3.05) is 26.7 Å². The Morgan fingerprint density at radius 3 is 2.73 bits per heavy atom. The molecule has 0 aromatic carbocycles. The van der Waals surface area contributed by atoms with Crippen molar-refractivity contribution in [1.82, 2.24) is 9.62 Å². The molecule has 0 aliphatic carbocycles. The molecule has 1 saturated heterocycles. The van der Waals surface area contributed by atoms with Crippen LogP contribution in [-0.4, -0.2) is 51.5 Å². The number of carbonyl (C=O) groups excluding carboxylic acids is 1. The van der Waals surface area contributed by atoms with Crippen LogP contribution in [0.3, 0.4) is 0 Å². The van der Waals surface area contributed by atoms with Gasteiger partial charge >= 0.3 is 5.97 Å². The zero-order valence-corrected chi connectivity index (χ0v) is 13.7. The predicted molar refractivity (Wildman–Crippen MR) is 80.1 cm³/mol. The number of ether oxygens (including phenoxy) is 1. The SMILES string of the molecule is CCCN(C1CCNCC1)S(=O)(=O)c1cc(C(=O)OC)co1. The number of rotatable bonds is 6. The highest BCUT2D eigenvalue weighted by atomic mass is 32.2. The zero-order chi connectivity index (χ0) is 16.2. The Labute approximate surface area is 130 Å². The minimum atomic E-state index is -3.75. The second kappa shape index (κ2) is 7.26. The van der Waals surface area contributed by atoms with Crippen LogP contribution in [0.1, 0.15) is 36.5 Å². The molecule has 0 bridgehead atoms. The first-order valence-electron chi connectivity index (χ1n) is 7.40. The van der Waals surface area contributed by atoms with Crippen LogP contribution in [-0.2, 0) is 14.8 Å². The quantitative estimate of drug-likeness (QED) is 0.789. The van der Waals surface area contributed by atoms with Crippen LogP contribution >= 0.6 is 0 Å². The first kappa shape index (κ1) is 17.0. The second-order valence-corrected chi connectivity index (χ2v) is 7.06. The van der Waals surface area contributed by atoms with E-state index in [1.165, 1.54) is 17.5 Å². The largest absolute Gasteiger partial charge is 0.465 e. The van der Waals surface area contributed by atoms with Crippen molar-refractivity contribution in [2.45, 2.75) is 37.3 Å². The standard InChI is InChI=1S/C14H22N2O5S/c1-3-8-16(12-4-6-15-7-5-12)22(18,19)13-9-11(10-21-13)14(17)20-2/h9-10,12,15H,3-8H2,1-2H3.